The van der Waals surface area contributed by atoms with Gasteiger partial charge in [-0.05, 0) is 30.2 Å². The number of fused-ring (bicyclic) bond motifs is 1. The number of hydrogen-bond acceptors (Lipinski definition) is 5. The van der Waals surface area contributed by atoms with Crippen molar-refractivity contribution in [2.75, 3.05) is 33.4 Å². The number of benzene rings is 2. The Morgan fingerprint density at radius 2 is 1.79 bits per heavy atom. The van der Waals surface area contributed by atoms with Crippen LogP contribution in [0.4, 0.5) is 0 Å². The van der Waals surface area contributed by atoms with Crippen LogP contribution in [0.25, 0.3) is 0 Å². The maximum Gasteiger partial charge on any atom is 0.261 e. The molecule has 0 saturated carbocycles. The SMILES string of the molecule is COCCCN1C(=O)c2ccc(C(=O)N(CCO)Cc3ccccc3)cc2C1=O. The molecular formula is C22H24N2O5. The molecule has 7 heteroatoms. The van der Waals surface area contributed by atoms with Crippen LogP contribution in [0, 0.1) is 0 Å². The molecule has 1 aliphatic rings. The maximum atomic E-state index is 13.0. The number of aliphatic hydroxyl groups is 1. The van der Waals surface area contributed by atoms with E-state index in [0.717, 1.165) is 5.56 Å². The predicted molar refractivity (Wildman–Crippen MR) is 107 cm³/mol. The molecule has 0 aliphatic carbocycles. The minimum Gasteiger partial charge on any atom is -0.395 e. The summed E-state index contributed by atoms with van der Waals surface area (Å²) in [5, 5.41) is 9.37. The first-order chi connectivity index (χ1) is 14.1. The van der Waals surface area contributed by atoms with E-state index in [-0.39, 0.29) is 37.1 Å². The number of imide groups is 1. The lowest BCUT2D eigenvalue weighted by molar-refractivity contribution is 0.0638. The summed E-state index contributed by atoms with van der Waals surface area (Å²) in [6.45, 7) is 1.06. The highest BCUT2D eigenvalue weighted by Gasteiger charge is 2.35. The highest BCUT2D eigenvalue weighted by molar-refractivity contribution is 6.22. The van der Waals surface area contributed by atoms with Gasteiger partial charge in [-0.1, -0.05) is 30.3 Å². The molecular weight excluding hydrogens is 372 g/mol. The molecule has 3 rings (SSSR count). The zero-order valence-corrected chi connectivity index (χ0v) is 16.3. The third-order valence-electron chi connectivity index (χ3n) is 4.82. The van der Waals surface area contributed by atoms with Gasteiger partial charge in [0.25, 0.3) is 17.7 Å². The Morgan fingerprint density at radius 1 is 1.07 bits per heavy atom. The van der Waals surface area contributed by atoms with Crippen molar-refractivity contribution in [3.8, 4) is 0 Å². The summed E-state index contributed by atoms with van der Waals surface area (Å²) in [7, 11) is 1.56. The van der Waals surface area contributed by atoms with Gasteiger partial charge in [-0.3, -0.25) is 19.3 Å². The average molecular weight is 396 g/mol. The van der Waals surface area contributed by atoms with Gasteiger partial charge in [-0.15, -0.1) is 0 Å². The van der Waals surface area contributed by atoms with Crippen LogP contribution >= 0.6 is 0 Å². The van der Waals surface area contributed by atoms with Crippen molar-refractivity contribution >= 4 is 17.7 Å². The molecule has 7 nitrogen and oxygen atoms in total. The van der Waals surface area contributed by atoms with Crippen molar-refractivity contribution in [1.29, 1.82) is 0 Å². The van der Waals surface area contributed by atoms with Gasteiger partial charge in [0.1, 0.15) is 0 Å². The van der Waals surface area contributed by atoms with Crippen molar-refractivity contribution in [3.63, 3.8) is 0 Å². The highest BCUT2D eigenvalue weighted by Crippen LogP contribution is 2.25. The van der Waals surface area contributed by atoms with E-state index in [2.05, 4.69) is 0 Å². The zero-order chi connectivity index (χ0) is 20.8. The first kappa shape index (κ1) is 20.7. The van der Waals surface area contributed by atoms with Crippen LogP contribution in [-0.2, 0) is 11.3 Å². The van der Waals surface area contributed by atoms with E-state index in [0.29, 0.717) is 30.7 Å². The number of methoxy groups -OCH3 is 1. The first-order valence-electron chi connectivity index (χ1n) is 9.50. The lowest BCUT2D eigenvalue weighted by Crippen LogP contribution is -2.33. The number of hydrogen-bond donors (Lipinski definition) is 1. The van der Waals surface area contributed by atoms with Gasteiger partial charge < -0.3 is 14.7 Å². The molecule has 1 heterocycles. The van der Waals surface area contributed by atoms with Crippen LogP contribution in [0.2, 0.25) is 0 Å². The van der Waals surface area contributed by atoms with Crippen LogP contribution in [0.1, 0.15) is 43.1 Å². The number of amides is 3. The maximum absolute atomic E-state index is 13.0. The molecule has 0 fully saturated rings. The molecule has 29 heavy (non-hydrogen) atoms. The van der Waals surface area contributed by atoms with Crippen molar-refractivity contribution in [2.45, 2.75) is 13.0 Å². The summed E-state index contributed by atoms with van der Waals surface area (Å²) < 4.78 is 4.98. The second kappa shape index (κ2) is 9.45. The number of nitrogens with zero attached hydrogens (tertiary/aromatic N) is 2. The molecule has 0 atom stereocenters. The fraction of sp³-hybridized carbons (Fsp3) is 0.318. The lowest BCUT2D eigenvalue weighted by Gasteiger charge is -2.22. The van der Waals surface area contributed by atoms with E-state index in [4.69, 9.17) is 4.74 Å². The summed E-state index contributed by atoms with van der Waals surface area (Å²) in [6, 6.07) is 14.0. The fourth-order valence-electron chi connectivity index (χ4n) is 3.35. The van der Waals surface area contributed by atoms with Gasteiger partial charge in [0, 0.05) is 38.9 Å². The second-order valence-electron chi connectivity index (χ2n) is 6.80. The van der Waals surface area contributed by atoms with Crippen LogP contribution in [-0.4, -0.2) is 66.0 Å². The van der Waals surface area contributed by atoms with Crippen LogP contribution in [0.3, 0.4) is 0 Å². The molecule has 0 unspecified atom stereocenters. The summed E-state index contributed by atoms with van der Waals surface area (Å²) >= 11 is 0. The zero-order valence-electron chi connectivity index (χ0n) is 16.3. The van der Waals surface area contributed by atoms with Crippen molar-refractivity contribution < 1.29 is 24.2 Å². The Kier molecular flexibility index (Phi) is 6.74. The monoisotopic (exact) mass is 396 g/mol. The Morgan fingerprint density at radius 3 is 2.48 bits per heavy atom. The third-order valence-corrected chi connectivity index (χ3v) is 4.82. The Labute approximate surface area is 169 Å². The van der Waals surface area contributed by atoms with Gasteiger partial charge in [0.15, 0.2) is 0 Å². The van der Waals surface area contributed by atoms with E-state index >= 15 is 0 Å². The third kappa shape index (κ3) is 4.52. The molecule has 0 bridgehead atoms. The first-order valence-corrected chi connectivity index (χ1v) is 9.50. The van der Waals surface area contributed by atoms with E-state index in [1.165, 1.54) is 21.9 Å². The molecule has 0 aromatic heterocycles. The minimum atomic E-state index is -0.396. The van der Waals surface area contributed by atoms with E-state index in [1.807, 2.05) is 30.3 Å². The molecule has 3 amide bonds. The lowest BCUT2D eigenvalue weighted by atomic mass is 10.0. The van der Waals surface area contributed by atoms with Gasteiger partial charge >= 0.3 is 0 Å². The number of carbonyl (C=O) groups excluding carboxylic acids is 3. The van der Waals surface area contributed by atoms with E-state index in [9.17, 15) is 19.5 Å². The number of aliphatic hydroxyl groups excluding tert-OH is 1. The summed E-state index contributed by atoms with van der Waals surface area (Å²) in [5.41, 5.74) is 1.79. The van der Waals surface area contributed by atoms with Gasteiger partial charge in [-0.2, -0.15) is 0 Å². The predicted octanol–water partition coefficient (Wildman–Crippen LogP) is 1.95. The normalized spacial score (nSPS) is 13.0. The molecule has 1 N–H and O–H groups in total. The van der Waals surface area contributed by atoms with Crippen molar-refractivity contribution in [2.24, 2.45) is 0 Å². The molecule has 2 aromatic carbocycles. The minimum absolute atomic E-state index is 0.167. The van der Waals surface area contributed by atoms with Crippen LogP contribution < -0.4 is 0 Å². The van der Waals surface area contributed by atoms with Gasteiger partial charge in [0.05, 0.1) is 17.7 Å². The van der Waals surface area contributed by atoms with Gasteiger partial charge in [-0.25, -0.2) is 0 Å². The smallest absolute Gasteiger partial charge is 0.261 e. The number of ether oxygens (including phenoxy) is 1. The number of rotatable bonds is 9. The quantitative estimate of drug-likeness (QED) is 0.517. The standard InChI is InChI=1S/C22H24N2O5/c1-29-13-5-10-24-21(27)18-9-8-17(14-19(18)22(24)28)20(26)23(11-12-25)15-16-6-3-2-4-7-16/h2-4,6-9,14,25H,5,10-13,15H2,1H3. The van der Waals surface area contributed by atoms with Gasteiger partial charge in [0.2, 0.25) is 0 Å². The fourth-order valence-corrected chi connectivity index (χ4v) is 3.35. The Hall–Kier alpha value is -3.03. The average Bonchev–Trinajstić information content (AvgIpc) is 2.98. The van der Waals surface area contributed by atoms with Crippen molar-refractivity contribution in [3.05, 3.63) is 70.8 Å². The number of carbonyl (C=O) groups is 3. The van der Waals surface area contributed by atoms with Crippen molar-refractivity contribution in [1.82, 2.24) is 9.80 Å². The van der Waals surface area contributed by atoms with Crippen LogP contribution in [0.15, 0.2) is 48.5 Å². The van der Waals surface area contributed by atoms with Crippen LogP contribution in [0.5, 0.6) is 0 Å². The molecule has 1 aliphatic heterocycles. The summed E-state index contributed by atoms with van der Waals surface area (Å²) in [5.74, 6) is -1.05. The Balaban J connectivity index is 1.80. The Bertz CT molecular complexity index is 897. The largest absolute Gasteiger partial charge is 0.395 e. The molecule has 152 valence electrons. The molecule has 0 spiro atoms. The summed E-state index contributed by atoms with van der Waals surface area (Å²) in [4.78, 5) is 40.9. The molecule has 0 saturated heterocycles. The highest BCUT2D eigenvalue weighted by atomic mass is 16.5. The molecule has 2 aromatic rings. The molecule has 0 radical (unpaired) electrons. The van der Waals surface area contributed by atoms with E-state index in [1.54, 1.807) is 13.2 Å². The summed E-state index contributed by atoms with van der Waals surface area (Å²) in [6.07, 6.45) is 0.551. The topological polar surface area (TPSA) is 87.2 Å². The second-order valence-corrected chi connectivity index (χ2v) is 6.80. The van der Waals surface area contributed by atoms with E-state index < -0.39 is 5.91 Å².